The van der Waals surface area contributed by atoms with E-state index in [2.05, 4.69) is 20.5 Å². The standard InChI is InChI=1S/C34H26N4O12S2/c1-49-27-13-17(9-11-21(27)35-37-23-15-29(51(43,44)45)19-5-3-7-25(39)31(19)33(23)41)18-10-12-22(28(14-18)50-2)36-38-24-16-30(52(46,47)48)20-6-4-8-26(40)32(20)34(24)42/h3-16,39-42H,1-2H3,(H,43,44,45)(H,46,47,48). The van der Waals surface area contributed by atoms with Gasteiger partial charge >= 0.3 is 0 Å². The zero-order chi connectivity index (χ0) is 37.5. The molecule has 0 aliphatic carbocycles. The normalized spacial score (nSPS) is 12.3. The van der Waals surface area contributed by atoms with Crippen LogP contribution in [0.2, 0.25) is 0 Å². The first kappa shape index (κ1) is 35.5. The average Bonchev–Trinajstić information content (AvgIpc) is 3.10. The van der Waals surface area contributed by atoms with Gasteiger partial charge in [-0.15, -0.1) is 20.5 Å². The summed E-state index contributed by atoms with van der Waals surface area (Å²) in [6.45, 7) is 0. The molecule has 6 rings (SSSR count). The monoisotopic (exact) mass is 746 g/mol. The highest BCUT2D eigenvalue weighted by molar-refractivity contribution is 7.86. The van der Waals surface area contributed by atoms with Crippen molar-refractivity contribution in [1.82, 2.24) is 0 Å². The number of benzene rings is 6. The van der Waals surface area contributed by atoms with Crippen LogP contribution in [0.1, 0.15) is 0 Å². The molecule has 0 saturated heterocycles. The van der Waals surface area contributed by atoms with Crippen LogP contribution in [0.5, 0.6) is 34.5 Å². The van der Waals surface area contributed by atoms with Crippen LogP contribution in [0.3, 0.4) is 0 Å². The molecule has 0 bridgehead atoms. The van der Waals surface area contributed by atoms with Crippen molar-refractivity contribution in [2.75, 3.05) is 14.2 Å². The Morgan fingerprint density at radius 1 is 0.500 bits per heavy atom. The third kappa shape index (κ3) is 6.61. The minimum Gasteiger partial charge on any atom is -0.507 e. The van der Waals surface area contributed by atoms with Crippen molar-refractivity contribution in [3.05, 3.63) is 84.9 Å². The molecule has 52 heavy (non-hydrogen) atoms. The summed E-state index contributed by atoms with van der Waals surface area (Å²) in [7, 11) is -6.82. The lowest BCUT2D eigenvalue weighted by atomic mass is 10.0. The van der Waals surface area contributed by atoms with Gasteiger partial charge in [0.15, 0.2) is 11.5 Å². The van der Waals surface area contributed by atoms with Gasteiger partial charge in [-0.25, -0.2) is 0 Å². The van der Waals surface area contributed by atoms with Crippen LogP contribution in [0.4, 0.5) is 22.7 Å². The van der Waals surface area contributed by atoms with E-state index >= 15 is 0 Å². The van der Waals surface area contributed by atoms with Gasteiger partial charge in [0.05, 0.1) is 25.0 Å². The van der Waals surface area contributed by atoms with Crippen LogP contribution in [0.25, 0.3) is 32.7 Å². The quantitative estimate of drug-likeness (QED) is 0.0611. The highest BCUT2D eigenvalue weighted by Gasteiger charge is 2.23. The summed E-state index contributed by atoms with van der Waals surface area (Å²) in [5.74, 6) is -1.60. The fourth-order valence-corrected chi connectivity index (χ4v) is 6.88. The summed E-state index contributed by atoms with van der Waals surface area (Å²) in [4.78, 5) is -1.19. The van der Waals surface area contributed by atoms with E-state index in [0.29, 0.717) is 11.1 Å². The first-order valence-corrected chi connectivity index (χ1v) is 17.6. The number of azo groups is 2. The number of hydrogen-bond acceptors (Lipinski definition) is 14. The molecule has 266 valence electrons. The number of ether oxygens (including phenoxy) is 2. The molecule has 0 aliphatic heterocycles. The third-order valence-corrected chi connectivity index (χ3v) is 9.68. The smallest absolute Gasteiger partial charge is 0.295 e. The van der Waals surface area contributed by atoms with Crippen molar-refractivity contribution < 1.29 is 55.8 Å². The maximum atomic E-state index is 12.1. The van der Waals surface area contributed by atoms with Gasteiger partial charge in [0.2, 0.25) is 0 Å². The van der Waals surface area contributed by atoms with Gasteiger partial charge < -0.3 is 29.9 Å². The Hall–Kier alpha value is -6.34. The number of phenolic OH excluding ortho intramolecular Hbond substituents is 4. The highest BCUT2D eigenvalue weighted by Crippen LogP contribution is 2.46. The Morgan fingerprint density at radius 2 is 0.865 bits per heavy atom. The first-order chi connectivity index (χ1) is 24.6. The van der Waals surface area contributed by atoms with E-state index in [4.69, 9.17) is 9.47 Å². The zero-order valence-electron chi connectivity index (χ0n) is 26.8. The summed E-state index contributed by atoms with van der Waals surface area (Å²) >= 11 is 0. The largest absolute Gasteiger partial charge is 0.507 e. The molecule has 6 N–H and O–H groups in total. The summed E-state index contributed by atoms with van der Waals surface area (Å²) in [5, 5.41) is 57.6. The molecule has 16 nitrogen and oxygen atoms in total. The summed E-state index contributed by atoms with van der Waals surface area (Å²) in [6, 6.07) is 19.2. The number of phenols is 4. The molecule has 0 spiro atoms. The van der Waals surface area contributed by atoms with Crippen LogP contribution < -0.4 is 9.47 Å². The molecule has 0 radical (unpaired) electrons. The Kier molecular flexibility index (Phi) is 9.15. The molecule has 0 fully saturated rings. The molecule has 6 aromatic rings. The molecular formula is C34H26N4O12S2. The van der Waals surface area contributed by atoms with Crippen molar-refractivity contribution >= 4 is 64.5 Å². The van der Waals surface area contributed by atoms with Gasteiger partial charge in [-0.3, -0.25) is 9.11 Å². The third-order valence-electron chi connectivity index (χ3n) is 7.89. The Balaban J connectivity index is 1.34. The van der Waals surface area contributed by atoms with E-state index in [9.17, 15) is 46.4 Å². The van der Waals surface area contributed by atoms with Gasteiger partial charge in [0.1, 0.15) is 55.5 Å². The molecule has 0 aliphatic rings. The van der Waals surface area contributed by atoms with Crippen LogP contribution in [-0.2, 0) is 20.2 Å². The van der Waals surface area contributed by atoms with Crippen molar-refractivity contribution in [3.63, 3.8) is 0 Å². The molecule has 0 heterocycles. The number of hydrogen-bond donors (Lipinski definition) is 6. The van der Waals surface area contributed by atoms with E-state index in [1.807, 2.05) is 0 Å². The molecule has 0 amide bonds. The van der Waals surface area contributed by atoms with Crippen LogP contribution in [0.15, 0.2) is 115 Å². The molecular weight excluding hydrogens is 721 g/mol. The maximum absolute atomic E-state index is 12.1. The van der Waals surface area contributed by atoms with Crippen molar-refractivity contribution in [1.29, 1.82) is 0 Å². The molecule has 0 saturated carbocycles. The number of fused-ring (bicyclic) bond motifs is 2. The average molecular weight is 747 g/mol. The van der Waals surface area contributed by atoms with Crippen LogP contribution in [-0.4, -0.2) is 60.6 Å². The maximum Gasteiger partial charge on any atom is 0.295 e. The van der Waals surface area contributed by atoms with Crippen LogP contribution >= 0.6 is 0 Å². The van der Waals surface area contributed by atoms with Gasteiger partial charge in [-0.2, -0.15) is 16.8 Å². The summed E-state index contributed by atoms with van der Waals surface area (Å²) in [6.07, 6.45) is 0. The Bertz CT molecular complexity index is 2530. The molecule has 18 heteroatoms. The highest BCUT2D eigenvalue weighted by atomic mass is 32.2. The van der Waals surface area contributed by atoms with E-state index in [-0.39, 0.29) is 55.8 Å². The van der Waals surface area contributed by atoms with Gasteiger partial charge in [0.25, 0.3) is 20.2 Å². The Morgan fingerprint density at radius 3 is 1.21 bits per heavy atom. The van der Waals surface area contributed by atoms with Crippen molar-refractivity contribution in [3.8, 4) is 45.6 Å². The van der Waals surface area contributed by atoms with Gasteiger partial charge in [-0.1, -0.05) is 36.4 Å². The van der Waals surface area contributed by atoms with E-state index in [1.165, 1.54) is 62.8 Å². The van der Waals surface area contributed by atoms with Gasteiger partial charge in [0, 0.05) is 10.8 Å². The second-order valence-corrected chi connectivity index (χ2v) is 13.8. The predicted molar refractivity (Wildman–Crippen MR) is 188 cm³/mol. The zero-order valence-corrected chi connectivity index (χ0v) is 28.5. The van der Waals surface area contributed by atoms with E-state index in [0.717, 1.165) is 12.1 Å². The second-order valence-electron chi connectivity index (χ2n) is 11.0. The number of rotatable bonds is 9. The Labute approximate surface area is 294 Å². The lowest BCUT2D eigenvalue weighted by Gasteiger charge is -2.11. The van der Waals surface area contributed by atoms with Crippen molar-refractivity contribution in [2.24, 2.45) is 20.5 Å². The van der Waals surface area contributed by atoms with Gasteiger partial charge in [-0.05, 0) is 59.7 Å². The summed E-state index contributed by atoms with van der Waals surface area (Å²) < 4.78 is 78.9. The topological polar surface area (TPSA) is 258 Å². The first-order valence-electron chi connectivity index (χ1n) is 14.7. The van der Waals surface area contributed by atoms with E-state index < -0.39 is 53.0 Å². The van der Waals surface area contributed by atoms with Crippen LogP contribution in [0, 0.1) is 0 Å². The summed E-state index contributed by atoms with van der Waals surface area (Å²) in [5.41, 5.74) is 0.824. The number of nitrogens with zero attached hydrogens (tertiary/aromatic N) is 4. The SMILES string of the molecule is COc1cc(-c2ccc(N=Nc3cc(S(=O)(=O)O)c4cccc(O)c4c3O)c(OC)c2)ccc1N=Nc1cc(S(=O)(=O)O)c2cccc(O)c2c1O. The second kappa shape index (κ2) is 13.4. The fourth-order valence-electron chi connectivity index (χ4n) is 5.46. The lowest BCUT2D eigenvalue weighted by Crippen LogP contribution is -1.99. The number of aromatic hydroxyl groups is 4. The van der Waals surface area contributed by atoms with E-state index in [1.54, 1.807) is 24.3 Å². The molecule has 0 aromatic heterocycles. The minimum absolute atomic E-state index is 0.123. The number of methoxy groups -OCH3 is 2. The molecule has 0 atom stereocenters. The predicted octanol–water partition coefficient (Wildman–Crippen LogP) is 7.82. The lowest BCUT2D eigenvalue weighted by molar-refractivity contribution is 0.415. The molecule has 6 aromatic carbocycles. The minimum atomic E-state index is -4.79. The fraction of sp³-hybridized carbons (Fsp3) is 0.0588. The van der Waals surface area contributed by atoms with Crippen molar-refractivity contribution in [2.45, 2.75) is 9.79 Å². The molecule has 0 unspecified atom stereocenters.